The van der Waals surface area contributed by atoms with Crippen molar-refractivity contribution in [1.29, 1.82) is 0 Å². The monoisotopic (exact) mass is 366 g/mol. The number of aliphatic hydroxyl groups excluding tert-OH is 1. The lowest BCUT2D eigenvalue weighted by Crippen LogP contribution is -2.54. The highest BCUT2D eigenvalue weighted by molar-refractivity contribution is 7.99. The third kappa shape index (κ3) is 2.74. The van der Waals surface area contributed by atoms with E-state index in [1.54, 1.807) is 11.8 Å². The summed E-state index contributed by atoms with van der Waals surface area (Å²) in [5.74, 6) is 4.09. The van der Waals surface area contributed by atoms with Crippen LogP contribution in [0.5, 0.6) is 0 Å². The summed E-state index contributed by atoms with van der Waals surface area (Å²) < 4.78 is 5.73. The zero-order valence-electron chi connectivity index (χ0n) is 16.7. The predicted octanol–water partition coefficient (Wildman–Crippen LogP) is 5.34. The van der Waals surface area contributed by atoms with E-state index in [4.69, 9.17) is 4.74 Å². The Labute approximate surface area is 158 Å². The van der Waals surface area contributed by atoms with Crippen molar-refractivity contribution < 1.29 is 9.84 Å². The van der Waals surface area contributed by atoms with Gasteiger partial charge in [0.1, 0.15) is 5.44 Å². The first-order valence-electron chi connectivity index (χ1n) is 10.7. The van der Waals surface area contributed by atoms with E-state index >= 15 is 0 Å². The van der Waals surface area contributed by atoms with Gasteiger partial charge in [-0.2, -0.15) is 0 Å². The molecular weight excluding hydrogens is 328 g/mol. The molecule has 4 saturated carbocycles. The van der Waals surface area contributed by atoms with Crippen LogP contribution in [0.2, 0.25) is 0 Å². The number of ether oxygens (including phenoxy) is 1. The average molecular weight is 367 g/mol. The van der Waals surface area contributed by atoms with Crippen molar-refractivity contribution in [3.05, 3.63) is 0 Å². The molecule has 144 valence electrons. The second-order valence-electron chi connectivity index (χ2n) is 10.1. The maximum absolute atomic E-state index is 10.6. The first kappa shape index (κ1) is 18.6. The van der Waals surface area contributed by atoms with E-state index in [9.17, 15) is 5.11 Å². The highest BCUT2D eigenvalue weighted by Crippen LogP contribution is 2.68. The lowest BCUT2D eigenvalue weighted by Gasteiger charge is -2.61. The molecule has 4 rings (SSSR count). The summed E-state index contributed by atoms with van der Waals surface area (Å²) in [5.41, 5.74) is 0.780. The summed E-state index contributed by atoms with van der Waals surface area (Å²) in [5, 5.41) is 10.6. The van der Waals surface area contributed by atoms with Gasteiger partial charge in [0.2, 0.25) is 0 Å². The SMILES string of the molecule is COC1CCC2(C)C(CCC3C2CCC2(C)C(C(O)SC)CCC32)C1. The van der Waals surface area contributed by atoms with Crippen LogP contribution in [0.3, 0.4) is 0 Å². The van der Waals surface area contributed by atoms with Crippen molar-refractivity contribution in [2.24, 2.45) is 40.4 Å². The molecule has 0 bridgehead atoms. The third-order valence-electron chi connectivity index (χ3n) is 9.61. The van der Waals surface area contributed by atoms with Crippen LogP contribution in [0.15, 0.2) is 0 Å². The Kier molecular flexibility index (Phi) is 5.00. The molecule has 9 unspecified atom stereocenters. The molecule has 3 heteroatoms. The van der Waals surface area contributed by atoms with E-state index in [2.05, 4.69) is 20.1 Å². The molecule has 25 heavy (non-hydrogen) atoms. The van der Waals surface area contributed by atoms with E-state index in [1.807, 2.05) is 7.11 Å². The summed E-state index contributed by atoms with van der Waals surface area (Å²) in [7, 11) is 1.90. The largest absolute Gasteiger partial charge is 0.382 e. The van der Waals surface area contributed by atoms with Crippen LogP contribution in [0, 0.1) is 40.4 Å². The minimum absolute atomic E-state index is 0.157. The fraction of sp³-hybridized carbons (Fsp3) is 1.00. The van der Waals surface area contributed by atoms with Crippen LogP contribution < -0.4 is 0 Å². The number of fused-ring (bicyclic) bond motifs is 5. The molecule has 0 aromatic carbocycles. The summed E-state index contributed by atoms with van der Waals surface area (Å²) in [6.45, 7) is 5.16. The van der Waals surface area contributed by atoms with Crippen molar-refractivity contribution >= 4 is 11.8 Å². The Morgan fingerprint density at radius 1 is 0.960 bits per heavy atom. The summed E-state index contributed by atoms with van der Waals surface area (Å²) in [4.78, 5) is 0. The van der Waals surface area contributed by atoms with Crippen molar-refractivity contribution in [2.45, 2.75) is 83.2 Å². The lowest BCUT2D eigenvalue weighted by atomic mass is 9.44. The van der Waals surface area contributed by atoms with E-state index < -0.39 is 0 Å². The van der Waals surface area contributed by atoms with Gasteiger partial charge in [-0.15, -0.1) is 11.8 Å². The Morgan fingerprint density at radius 2 is 1.68 bits per heavy atom. The van der Waals surface area contributed by atoms with Crippen molar-refractivity contribution in [2.75, 3.05) is 13.4 Å². The van der Waals surface area contributed by atoms with Gasteiger partial charge in [-0.25, -0.2) is 0 Å². The molecule has 0 spiro atoms. The van der Waals surface area contributed by atoms with Gasteiger partial charge in [0.25, 0.3) is 0 Å². The highest BCUT2D eigenvalue weighted by atomic mass is 32.2. The maximum Gasteiger partial charge on any atom is 0.102 e. The van der Waals surface area contributed by atoms with Gasteiger partial charge in [-0.1, -0.05) is 13.8 Å². The average Bonchev–Trinajstić information content (AvgIpc) is 2.97. The lowest BCUT2D eigenvalue weighted by molar-refractivity contribution is -0.133. The molecule has 0 saturated heterocycles. The van der Waals surface area contributed by atoms with Crippen LogP contribution in [0.25, 0.3) is 0 Å². The van der Waals surface area contributed by atoms with Gasteiger partial charge < -0.3 is 9.84 Å². The van der Waals surface area contributed by atoms with Gasteiger partial charge >= 0.3 is 0 Å². The van der Waals surface area contributed by atoms with E-state index in [1.165, 1.54) is 57.8 Å². The Hall–Kier alpha value is 0.270. The molecule has 9 atom stereocenters. The number of hydrogen-bond acceptors (Lipinski definition) is 3. The minimum atomic E-state index is -0.157. The molecule has 0 aromatic rings. The van der Waals surface area contributed by atoms with Gasteiger partial charge in [-0.3, -0.25) is 0 Å². The van der Waals surface area contributed by atoms with Gasteiger partial charge in [0, 0.05) is 7.11 Å². The molecule has 0 aliphatic heterocycles. The van der Waals surface area contributed by atoms with Crippen molar-refractivity contribution in [3.63, 3.8) is 0 Å². The van der Waals surface area contributed by atoms with Gasteiger partial charge in [0.05, 0.1) is 6.10 Å². The quantitative estimate of drug-likeness (QED) is 0.684. The summed E-state index contributed by atoms with van der Waals surface area (Å²) >= 11 is 1.67. The molecule has 0 radical (unpaired) electrons. The zero-order valence-corrected chi connectivity index (χ0v) is 17.5. The Balaban J connectivity index is 1.56. The molecule has 4 aliphatic carbocycles. The summed E-state index contributed by atoms with van der Waals surface area (Å²) in [6.07, 6.45) is 14.7. The number of aliphatic hydroxyl groups is 1. The number of rotatable bonds is 3. The molecule has 0 amide bonds. The van der Waals surface area contributed by atoms with E-state index in [0.29, 0.717) is 22.9 Å². The second kappa shape index (κ2) is 6.71. The predicted molar refractivity (Wildman–Crippen MR) is 106 cm³/mol. The van der Waals surface area contributed by atoms with E-state index in [-0.39, 0.29) is 5.44 Å². The topological polar surface area (TPSA) is 29.5 Å². The highest BCUT2D eigenvalue weighted by Gasteiger charge is 2.60. The van der Waals surface area contributed by atoms with Crippen LogP contribution in [0.1, 0.15) is 71.6 Å². The standard InChI is InChI=1S/C22H38O2S/c1-21-11-9-15(24-3)13-14(21)5-6-16-17-7-8-19(20(23)25-4)22(17,2)12-10-18(16)21/h14-20,23H,5-13H2,1-4H3. The number of thioether (sulfide) groups is 1. The maximum atomic E-state index is 10.6. The molecule has 0 heterocycles. The number of hydrogen-bond donors (Lipinski definition) is 1. The molecule has 1 N–H and O–H groups in total. The molecule has 4 aliphatic rings. The third-order valence-corrected chi connectivity index (χ3v) is 10.4. The van der Waals surface area contributed by atoms with Crippen LogP contribution in [-0.4, -0.2) is 30.0 Å². The Bertz CT molecular complexity index is 496. The normalized spacial score (nSPS) is 53.6. The molecule has 2 nitrogen and oxygen atoms in total. The Morgan fingerprint density at radius 3 is 2.40 bits per heavy atom. The fourth-order valence-corrected chi connectivity index (χ4v) is 8.88. The number of methoxy groups -OCH3 is 1. The molecule has 4 fully saturated rings. The van der Waals surface area contributed by atoms with Crippen molar-refractivity contribution in [1.82, 2.24) is 0 Å². The fourth-order valence-electron chi connectivity index (χ4n) is 8.11. The van der Waals surface area contributed by atoms with E-state index in [0.717, 1.165) is 23.7 Å². The van der Waals surface area contributed by atoms with Crippen molar-refractivity contribution in [3.8, 4) is 0 Å². The smallest absolute Gasteiger partial charge is 0.102 e. The second-order valence-corrected chi connectivity index (χ2v) is 11.1. The minimum Gasteiger partial charge on any atom is -0.382 e. The molecular formula is C22H38O2S. The van der Waals surface area contributed by atoms with Crippen LogP contribution in [-0.2, 0) is 4.74 Å². The summed E-state index contributed by atoms with van der Waals surface area (Å²) in [6, 6.07) is 0. The van der Waals surface area contributed by atoms with Gasteiger partial charge in [-0.05, 0) is 104 Å². The molecule has 0 aromatic heterocycles. The first-order valence-corrected chi connectivity index (χ1v) is 12.0. The zero-order chi connectivity index (χ0) is 17.8. The van der Waals surface area contributed by atoms with Crippen LogP contribution in [0.4, 0.5) is 0 Å². The van der Waals surface area contributed by atoms with Gasteiger partial charge in [0.15, 0.2) is 0 Å². The van der Waals surface area contributed by atoms with Crippen LogP contribution >= 0.6 is 11.8 Å². The first-order chi connectivity index (χ1) is 11.9.